The monoisotopic (exact) mass is 892 g/mol. The number of nitrogens with zero attached hydrogens (tertiary/aromatic N) is 6. The first-order valence-electron chi connectivity index (χ1n) is 21.1. The molecular weight excluding hydrogens is 840 g/mol. The Morgan fingerprint density at radius 2 is 1.88 bits per heavy atom. The molecule has 3 N–H and O–H groups in total. The summed E-state index contributed by atoms with van der Waals surface area (Å²) < 4.78 is 85.8. The Labute approximate surface area is 368 Å². The predicted octanol–water partition coefficient (Wildman–Crippen LogP) is 5.59. The van der Waals surface area contributed by atoms with E-state index in [4.69, 9.17) is 9.47 Å². The average molecular weight is 893 g/mol. The number of pyridine rings is 1. The molecule has 18 heteroatoms. The number of carbonyl (C=O) groups is 2. The van der Waals surface area contributed by atoms with Gasteiger partial charge in [0.1, 0.15) is 24.2 Å². The van der Waals surface area contributed by atoms with Gasteiger partial charge in [-0.2, -0.15) is 13.2 Å². The van der Waals surface area contributed by atoms with Crippen molar-refractivity contribution in [3.8, 4) is 23.3 Å². The number of aliphatic hydroxyl groups is 1. The molecule has 2 fully saturated rings. The van der Waals surface area contributed by atoms with Gasteiger partial charge in [0.15, 0.2) is 23.0 Å². The third-order valence-electron chi connectivity index (χ3n) is 12.1. The Balaban J connectivity index is 1.06. The summed E-state index contributed by atoms with van der Waals surface area (Å²) in [6.07, 6.45) is -4.28. The Morgan fingerprint density at radius 1 is 1.09 bits per heavy atom. The van der Waals surface area contributed by atoms with Crippen LogP contribution in [0, 0.1) is 17.7 Å². The second-order valence-corrected chi connectivity index (χ2v) is 16.8. The minimum atomic E-state index is -4.57. The highest BCUT2D eigenvalue weighted by molar-refractivity contribution is 5.99. The lowest BCUT2D eigenvalue weighted by Crippen LogP contribution is -2.46. The Hall–Kier alpha value is -6.06. The third-order valence-corrected chi connectivity index (χ3v) is 12.1. The van der Waals surface area contributed by atoms with E-state index >= 15 is 4.39 Å². The Morgan fingerprint density at radius 3 is 2.58 bits per heavy atom. The van der Waals surface area contributed by atoms with Gasteiger partial charge < -0.3 is 49.2 Å². The number of ether oxygens (including phenoxy) is 2. The molecule has 0 unspecified atom stereocenters. The number of likely N-dealkylation sites (tertiary alicyclic amines) is 1. The lowest BCUT2D eigenvalue weighted by molar-refractivity contribution is -0.128. The molecule has 5 heterocycles. The van der Waals surface area contributed by atoms with E-state index in [1.54, 1.807) is 68.1 Å². The number of allylic oxidation sites excluding steroid dienone is 1. The van der Waals surface area contributed by atoms with Gasteiger partial charge in [-0.15, -0.1) is 0 Å². The van der Waals surface area contributed by atoms with Crippen LogP contribution in [0.2, 0.25) is 0 Å². The molecule has 2 aromatic heterocycles. The van der Waals surface area contributed by atoms with Crippen molar-refractivity contribution >= 4 is 34.5 Å². The number of halogens is 5. The number of alkyl halides is 4. The number of carbonyl (C=O) groups excluding carboxylic acids is 2. The minimum Gasteiger partial charge on any atom is -0.493 e. The van der Waals surface area contributed by atoms with Crippen molar-refractivity contribution in [1.29, 1.82) is 0 Å². The molecule has 0 spiro atoms. The van der Waals surface area contributed by atoms with E-state index in [0.717, 1.165) is 0 Å². The summed E-state index contributed by atoms with van der Waals surface area (Å²) in [5.74, 6) is 4.75. The molecule has 0 saturated carbocycles. The number of hydrogen-bond donors (Lipinski definition) is 3. The number of aliphatic hydroxyl groups excluding tert-OH is 1. The number of aromatic nitrogens is 2. The number of imidazole rings is 1. The van der Waals surface area contributed by atoms with Crippen LogP contribution in [0.25, 0.3) is 5.65 Å². The van der Waals surface area contributed by atoms with Crippen LogP contribution in [-0.2, 0) is 17.6 Å². The van der Waals surface area contributed by atoms with E-state index in [0.29, 0.717) is 66.4 Å². The number of fused-ring (bicyclic) bond motifs is 2. The highest BCUT2D eigenvalue weighted by Crippen LogP contribution is 2.38. The number of methoxy groups -OCH3 is 1. The molecule has 0 bridgehead atoms. The van der Waals surface area contributed by atoms with Crippen LogP contribution < -0.4 is 29.9 Å². The first-order valence-corrected chi connectivity index (χ1v) is 21.1. The quantitative estimate of drug-likeness (QED) is 0.106. The van der Waals surface area contributed by atoms with Gasteiger partial charge in [0.25, 0.3) is 11.8 Å². The molecule has 2 amide bonds. The number of amides is 2. The number of benzene rings is 2. The Bertz CT molecular complexity index is 2500. The smallest absolute Gasteiger partial charge is 0.394 e. The standard InChI is InChI=1S/C46H53F5N8O5/c1-27(2)41-44(61)52-30(26-60)21-28-11-13-36(40(48)42(28)57(41)5)58-19-15-31(24-58)56(4)45(62)29-12-14-38(63-6)39(22-29)64-20-8-10-34-37(23-46(49,50)51)59-17-7-9-35(43(59)54-34)53-33-16-18-55(3)25-32(33)47/h7,9,11-14,17,22,30-33,53,60H,15-16,18-21,23-26H2,1-6H3,(H,52,61)/t30-,31+,32-,33+/m0/s1. The molecule has 0 radical (unpaired) electrons. The second-order valence-electron chi connectivity index (χ2n) is 16.8. The van der Waals surface area contributed by atoms with Gasteiger partial charge in [0, 0.05) is 52.0 Å². The molecule has 2 aromatic carbocycles. The maximum atomic E-state index is 16.6. The van der Waals surface area contributed by atoms with Gasteiger partial charge in [-0.05, 0) is 93.6 Å². The zero-order valence-electron chi connectivity index (χ0n) is 36.7. The van der Waals surface area contributed by atoms with E-state index in [1.807, 2.05) is 22.9 Å². The SMILES string of the molecule is COc1ccc(C(=O)N(C)[C@@H]2CCN(c3ccc4c(c3F)N(C)C(=C(C)C)C(=O)N[C@H](CO)C4)C2)cc1OCC#Cc1nc2c(N[C@@H]3CCN(C)C[C@@H]3F)cccn2c1CC(F)(F)F. The van der Waals surface area contributed by atoms with Crippen LogP contribution >= 0.6 is 0 Å². The largest absolute Gasteiger partial charge is 0.493 e. The van der Waals surface area contributed by atoms with Crippen LogP contribution in [0.3, 0.4) is 0 Å². The fraction of sp³-hybridized carbons (Fsp3) is 0.457. The topological polar surface area (TPSA) is 127 Å². The van der Waals surface area contributed by atoms with Crippen LogP contribution in [-0.4, -0.2) is 134 Å². The van der Waals surface area contributed by atoms with E-state index in [1.165, 1.54) is 23.8 Å². The molecule has 64 heavy (non-hydrogen) atoms. The number of nitrogens with one attached hydrogen (secondary N) is 2. The molecule has 13 nitrogen and oxygen atoms in total. The summed E-state index contributed by atoms with van der Waals surface area (Å²) in [4.78, 5) is 38.4. The van der Waals surface area contributed by atoms with Crippen molar-refractivity contribution in [2.24, 2.45) is 0 Å². The van der Waals surface area contributed by atoms with Gasteiger partial charge in [-0.25, -0.2) is 13.8 Å². The second kappa shape index (κ2) is 19.0. The van der Waals surface area contributed by atoms with Gasteiger partial charge in [0.05, 0.1) is 61.0 Å². The number of piperidine rings is 1. The molecule has 4 atom stereocenters. The van der Waals surface area contributed by atoms with Crippen molar-refractivity contribution < 1.29 is 46.1 Å². The van der Waals surface area contributed by atoms with E-state index in [2.05, 4.69) is 27.5 Å². The normalized spacial score (nSPS) is 20.5. The third kappa shape index (κ3) is 9.70. The van der Waals surface area contributed by atoms with Crippen molar-refractivity contribution in [2.45, 2.75) is 70.0 Å². The molecule has 7 rings (SSSR count). The average Bonchev–Trinajstić information content (AvgIpc) is 3.87. The zero-order valence-corrected chi connectivity index (χ0v) is 36.7. The van der Waals surface area contributed by atoms with Crippen LogP contribution in [0.4, 0.5) is 39.0 Å². The summed E-state index contributed by atoms with van der Waals surface area (Å²) in [6, 6.07) is 9.99. The number of anilines is 3. The number of likely N-dealkylation sites (N-methyl/N-ethyl adjacent to an activating group) is 2. The predicted molar refractivity (Wildman–Crippen MR) is 233 cm³/mol. The lowest BCUT2D eigenvalue weighted by Gasteiger charge is -2.33. The molecule has 2 saturated heterocycles. The number of hydrogen-bond acceptors (Lipinski definition) is 10. The highest BCUT2D eigenvalue weighted by Gasteiger charge is 2.35. The van der Waals surface area contributed by atoms with Gasteiger partial charge in [-0.3, -0.25) is 9.59 Å². The van der Waals surface area contributed by atoms with Crippen molar-refractivity contribution in [3.05, 3.63) is 88.3 Å². The maximum absolute atomic E-state index is 16.6. The van der Waals surface area contributed by atoms with E-state index < -0.39 is 42.6 Å². The zero-order chi connectivity index (χ0) is 46.0. The van der Waals surface area contributed by atoms with Crippen LogP contribution in [0.1, 0.15) is 54.0 Å². The van der Waals surface area contributed by atoms with Gasteiger partial charge >= 0.3 is 6.18 Å². The molecule has 0 aliphatic carbocycles. The fourth-order valence-electron chi connectivity index (χ4n) is 8.78. The van der Waals surface area contributed by atoms with E-state index in [-0.39, 0.29) is 72.2 Å². The molecule has 342 valence electrons. The van der Waals surface area contributed by atoms with Crippen LogP contribution in [0.15, 0.2) is 59.9 Å². The molecule has 4 aromatic rings. The highest BCUT2D eigenvalue weighted by atomic mass is 19.4. The van der Waals surface area contributed by atoms with Crippen molar-refractivity contribution in [2.75, 3.05) is 82.8 Å². The summed E-state index contributed by atoms with van der Waals surface area (Å²) in [5.41, 5.74) is 2.79. The summed E-state index contributed by atoms with van der Waals surface area (Å²) >= 11 is 0. The first-order chi connectivity index (χ1) is 30.5. The van der Waals surface area contributed by atoms with Gasteiger partial charge in [-0.1, -0.05) is 12.0 Å². The van der Waals surface area contributed by atoms with Crippen LogP contribution in [0.5, 0.6) is 11.5 Å². The lowest BCUT2D eigenvalue weighted by atomic mass is 9.99. The summed E-state index contributed by atoms with van der Waals surface area (Å²) in [7, 11) is 6.58. The summed E-state index contributed by atoms with van der Waals surface area (Å²) in [5, 5.41) is 15.9. The minimum absolute atomic E-state index is 0.105. The molecule has 3 aliphatic rings. The van der Waals surface area contributed by atoms with E-state index in [9.17, 15) is 32.3 Å². The molecule has 3 aliphatic heterocycles. The first kappa shape index (κ1) is 45.9. The molecular formula is C46H53F5N8O5. The fourth-order valence-corrected chi connectivity index (χ4v) is 8.78. The van der Waals surface area contributed by atoms with Gasteiger partial charge in [0.2, 0.25) is 0 Å². The Kier molecular flexibility index (Phi) is 13.6. The maximum Gasteiger partial charge on any atom is 0.394 e. The van der Waals surface area contributed by atoms with Crippen molar-refractivity contribution in [3.63, 3.8) is 0 Å². The summed E-state index contributed by atoms with van der Waals surface area (Å²) in [6.45, 7) is 4.63. The van der Waals surface area contributed by atoms with Crippen molar-refractivity contribution in [1.82, 2.24) is 24.5 Å². The number of rotatable bonds is 10.